The average Bonchev–Trinajstić information content (AvgIpc) is 2.76. The Kier molecular flexibility index (Phi) is 5.74. The fourth-order valence-corrected chi connectivity index (χ4v) is 5.15. The number of nitrogens with zero attached hydrogens (tertiary/aromatic N) is 1. The predicted molar refractivity (Wildman–Crippen MR) is 116 cm³/mol. The summed E-state index contributed by atoms with van der Waals surface area (Å²) in [4.78, 5) is 14.5. The van der Waals surface area contributed by atoms with E-state index < -0.39 is 0 Å². The Balaban J connectivity index is 1.59. The van der Waals surface area contributed by atoms with Gasteiger partial charge in [0.25, 0.3) is 0 Å². The molecule has 0 N–H and O–H groups in total. The van der Waals surface area contributed by atoms with Gasteiger partial charge in [-0.1, -0.05) is 19.1 Å². The third-order valence-electron chi connectivity index (χ3n) is 6.97. The van der Waals surface area contributed by atoms with Crippen LogP contribution in [-0.2, 0) is 16.6 Å². The van der Waals surface area contributed by atoms with Crippen molar-refractivity contribution in [2.24, 2.45) is 5.92 Å². The topological polar surface area (TPSA) is 48.0 Å². The van der Waals surface area contributed by atoms with Gasteiger partial charge in [0.2, 0.25) is 0 Å². The van der Waals surface area contributed by atoms with Gasteiger partial charge in [0.05, 0.1) is 25.9 Å². The summed E-state index contributed by atoms with van der Waals surface area (Å²) in [6.07, 6.45) is 2.10. The first-order valence-corrected chi connectivity index (χ1v) is 10.7. The summed E-state index contributed by atoms with van der Waals surface area (Å²) in [6, 6.07) is 14.2. The Morgan fingerprint density at radius 1 is 1.20 bits per heavy atom. The van der Waals surface area contributed by atoms with E-state index in [9.17, 15) is 4.79 Å². The second-order valence-corrected chi connectivity index (χ2v) is 8.61. The Labute approximate surface area is 178 Å². The second-order valence-electron chi connectivity index (χ2n) is 8.61. The standard InChI is InChI=1S/C25H31NO4/c1-5-29-24(27)18-7-6-8-20(13-18)30-16-22-23-14-17-9-10-19(28-4)15-21(17)25(22,2)11-12-26(23)3/h6-10,13,15,22-23H,5,11-12,14,16H2,1-4H3/t22-,23?,25+/m0/s1. The summed E-state index contributed by atoms with van der Waals surface area (Å²) < 4.78 is 16.9. The number of carbonyl (C=O) groups is 1. The van der Waals surface area contributed by atoms with Crippen molar-refractivity contribution in [1.82, 2.24) is 4.90 Å². The highest BCUT2D eigenvalue weighted by Gasteiger charge is 2.50. The number of likely N-dealkylation sites (N-methyl/N-ethyl adjacent to an activating group) is 1. The highest BCUT2D eigenvalue weighted by molar-refractivity contribution is 5.89. The normalized spacial score (nSPS) is 25.3. The van der Waals surface area contributed by atoms with Crippen molar-refractivity contribution in [2.75, 3.05) is 33.9 Å². The fourth-order valence-electron chi connectivity index (χ4n) is 5.15. The third kappa shape index (κ3) is 3.67. The molecular formula is C25H31NO4. The smallest absolute Gasteiger partial charge is 0.338 e. The largest absolute Gasteiger partial charge is 0.497 e. The van der Waals surface area contributed by atoms with E-state index in [4.69, 9.17) is 14.2 Å². The summed E-state index contributed by atoms with van der Waals surface area (Å²) >= 11 is 0. The van der Waals surface area contributed by atoms with Crippen LogP contribution in [0, 0.1) is 5.92 Å². The van der Waals surface area contributed by atoms with Crippen molar-refractivity contribution < 1.29 is 19.0 Å². The number of likely N-dealkylation sites (tertiary alicyclic amines) is 1. The molecule has 1 unspecified atom stereocenters. The monoisotopic (exact) mass is 409 g/mol. The van der Waals surface area contributed by atoms with Crippen LogP contribution < -0.4 is 9.47 Å². The zero-order valence-electron chi connectivity index (χ0n) is 18.3. The van der Waals surface area contributed by atoms with E-state index in [1.165, 1.54) is 11.1 Å². The molecule has 1 heterocycles. The summed E-state index contributed by atoms with van der Waals surface area (Å²) in [5.41, 5.74) is 3.35. The van der Waals surface area contributed by atoms with Crippen LogP contribution in [0.5, 0.6) is 11.5 Å². The van der Waals surface area contributed by atoms with Gasteiger partial charge in [-0.2, -0.15) is 0 Å². The zero-order valence-corrected chi connectivity index (χ0v) is 18.3. The predicted octanol–water partition coefficient (Wildman–Crippen LogP) is 4.09. The summed E-state index contributed by atoms with van der Waals surface area (Å²) in [5, 5.41) is 0. The van der Waals surface area contributed by atoms with Gasteiger partial charge >= 0.3 is 5.97 Å². The first-order chi connectivity index (χ1) is 14.5. The van der Waals surface area contributed by atoms with E-state index in [2.05, 4.69) is 37.1 Å². The second kappa shape index (κ2) is 8.31. The van der Waals surface area contributed by atoms with E-state index in [-0.39, 0.29) is 11.4 Å². The first kappa shape index (κ1) is 20.7. The van der Waals surface area contributed by atoms with Gasteiger partial charge < -0.3 is 19.1 Å². The molecule has 5 nitrogen and oxygen atoms in total. The molecule has 2 aromatic rings. The van der Waals surface area contributed by atoms with Crippen molar-refractivity contribution in [3.05, 3.63) is 59.2 Å². The van der Waals surface area contributed by atoms with Gasteiger partial charge in [-0.05, 0) is 74.8 Å². The molecule has 0 amide bonds. The molecule has 1 saturated heterocycles. The molecule has 160 valence electrons. The molecule has 1 aliphatic heterocycles. The molecule has 1 fully saturated rings. The summed E-state index contributed by atoms with van der Waals surface area (Å²) in [6.45, 7) is 6.22. The Hall–Kier alpha value is -2.53. The molecule has 2 bridgehead atoms. The van der Waals surface area contributed by atoms with Crippen LogP contribution in [0.4, 0.5) is 0 Å². The minimum Gasteiger partial charge on any atom is -0.497 e. The number of carbonyl (C=O) groups excluding carboxylic acids is 1. The van der Waals surface area contributed by atoms with Gasteiger partial charge in [0, 0.05) is 17.4 Å². The third-order valence-corrected chi connectivity index (χ3v) is 6.97. The van der Waals surface area contributed by atoms with Crippen LogP contribution in [0.15, 0.2) is 42.5 Å². The lowest BCUT2D eigenvalue weighted by atomic mass is 9.58. The lowest BCUT2D eigenvalue weighted by Gasteiger charge is -2.54. The number of piperidine rings is 1. The molecule has 2 aliphatic rings. The lowest BCUT2D eigenvalue weighted by molar-refractivity contribution is 0.0118. The van der Waals surface area contributed by atoms with E-state index in [1.807, 2.05) is 19.1 Å². The molecule has 0 radical (unpaired) electrons. The molecule has 1 aliphatic carbocycles. The van der Waals surface area contributed by atoms with Gasteiger partial charge in [-0.15, -0.1) is 0 Å². The van der Waals surface area contributed by atoms with Crippen LogP contribution in [0.1, 0.15) is 41.8 Å². The summed E-state index contributed by atoms with van der Waals surface area (Å²) in [7, 11) is 3.94. The van der Waals surface area contributed by atoms with Gasteiger partial charge in [0.15, 0.2) is 0 Å². The average molecular weight is 410 g/mol. The van der Waals surface area contributed by atoms with Crippen LogP contribution in [0.3, 0.4) is 0 Å². The Bertz CT molecular complexity index is 927. The van der Waals surface area contributed by atoms with E-state index in [0.29, 0.717) is 36.5 Å². The molecular weight excluding hydrogens is 378 g/mol. The number of esters is 1. The Morgan fingerprint density at radius 3 is 2.80 bits per heavy atom. The maximum atomic E-state index is 12.1. The Morgan fingerprint density at radius 2 is 2.03 bits per heavy atom. The highest BCUT2D eigenvalue weighted by atomic mass is 16.5. The SMILES string of the molecule is CCOC(=O)c1cccc(OC[C@H]2C3Cc4ccc(OC)cc4[C@@]2(C)CCN3C)c1. The van der Waals surface area contributed by atoms with Crippen LogP contribution in [0.25, 0.3) is 0 Å². The lowest BCUT2D eigenvalue weighted by Crippen LogP contribution is -2.59. The number of ether oxygens (including phenoxy) is 3. The van der Waals surface area contributed by atoms with Crippen LogP contribution in [0.2, 0.25) is 0 Å². The van der Waals surface area contributed by atoms with Crippen LogP contribution >= 0.6 is 0 Å². The number of fused-ring (bicyclic) bond motifs is 4. The molecule has 0 spiro atoms. The molecule has 5 heteroatoms. The maximum Gasteiger partial charge on any atom is 0.338 e. The van der Waals surface area contributed by atoms with E-state index in [0.717, 1.165) is 25.1 Å². The van der Waals surface area contributed by atoms with Crippen molar-refractivity contribution in [3.63, 3.8) is 0 Å². The number of hydrogen-bond acceptors (Lipinski definition) is 5. The molecule has 2 aromatic carbocycles. The van der Waals surface area contributed by atoms with Gasteiger partial charge in [0.1, 0.15) is 11.5 Å². The zero-order chi connectivity index (χ0) is 21.3. The minimum atomic E-state index is -0.315. The molecule has 0 aromatic heterocycles. The number of hydrogen-bond donors (Lipinski definition) is 0. The molecule has 3 atom stereocenters. The van der Waals surface area contributed by atoms with Gasteiger partial charge in [-0.25, -0.2) is 4.79 Å². The quantitative estimate of drug-likeness (QED) is 0.673. The molecule has 0 saturated carbocycles. The number of benzene rings is 2. The van der Waals surface area contributed by atoms with E-state index in [1.54, 1.807) is 19.2 Å². The van der Waals surface area contributed by atoms with Crippen molar-refractivity contribution in [2.45, 2.75) is 38.1 Å². The van der Waals surface area contributed by atoms with Crippen molar-refractivity contribution in [1.29, 1.82) is 0 Å². The summed E-state index contributed by atoms with van der Waals surface area (Å²) in [5.74, 6) is 1.66. The highest BCUT2D eigenvalue weighted by Crippen LogP contribution is 2.49. The number of methoxy groups -OCH3 is 1. The first-order valence-electron chi connectivity index (χ1n) is 10.7. The van der Waals surface area contributed by atoms with E-state index >= 15 is 0 Å². The van der Waals surface area contributed by atoms with Crippen molar-refractivity contribution in [3.8, 4) is 11.5 Å². The minimum absolute atomic E-state index is 0.0258. The molecule has 4 rings (SSSR count). The fraction of sp³-hybridized carbons (Fsp3) is 0.480. The van der Waals surface area contributed by atoms with Crippen molar-refractivity contribution >= 4 is 5.97 Å². The van der Waals surface area contributed by atoms with Gasteiger partial charge in [-0.3, -0.25) is 0 Å². The molecule has 30 heavy (non-hydrogen) atoms. The van der Waals surface area contributed by atoms with Crippen LogP contribution in [-0.4, -0.2) is 50.8 Å². The maximum absolute atomic E-state index is 12.1. The number of rotatable bonds is 6.